The molecule has 0 bridgehead atoms. The average Bonchev–Trinajstić information content (AvgIpc) is 2.35. The molecule has 0 aliphatic carbocycles. The van der Waals surface area contributed by atoms with Gasteiger partial charge in [0, 0.05) is 32.1 Å². The van der Waals surface area contributed by atoms with Crippen molar-refractivity contribution >= 4 is 21.8 Å². The Labute approximate surface area is 110 Å². The molecule has 0 radical (unpaired) electrons. The Kier molecular flexibility index (Phi) is 6.20. The molecule has 1 saturated heterocycles. The minimum atomic E-state index is -3.31. The Balaban J connectivity index is 2.73. The van der Waals surface area contributed by atoms with Crippen LogP contribution in [0.2, 0.25) is 0 Å². The van der Waals surface area contributed by atoms with Gasteiger partial charge >= 0.3 is 0 Å². The van der Waals surface area contributed by atoms with Gasteiger partial charge in [0.2, 0.25) is 0 Å². The minimum absolute atomic E-state index is 0.0282. The quantitative estimate of drug-likeness (QED) is 0.700. The van der Waals surface area contributed by atoms with Crippen molar-refractivity contribution in [2.45, 2.75) is 45.1 Å². The van der Waals surface area contributed by atoms with Crippen LogP contribution in [0.1, 0.15) is 39.0 Å². The van der Waals surface area contributed by atoms with E-state index in [1.807, 2.05) is 0 Å². The van der Waals surface area contributed by atoms with E-state index >= 15 is 0 Å². The molecule has 17 heavy (non-hydrogen) atoms. The predicted molar refractivity (Wildman–Crippen MR) is 71.5 cm³/mol. The smallest absolute Gasteiger partial charge is 0.195 e. The van der Waals surface area contributed by atoms with E-state index in [1.165, 1.54) is 4.31 Å². The summed E-state index contributed by atoms with van der Waals surface area (Å²) in [6.45, 7) is 3.25. The second-order valence-corrected chi connectivity index (χ2v) is 6.89. The van der Waals surface area contributed by atoms with Gasteiger partial charge in [0.1, 0.15) is 0 Å². The maximum absolute atomic E-state index is 12.4. The van der Waals surface area contributed by atoms with Gasteiger partial charge in [-0.25, -0.2) is 0 Å². The number of piperidine rings is 1. The summed E-state index contributed by atoms with van der Waals surface area (Å²) < 4.78 is 27.8. The largest absolute Gasteiger partial charge is 0.282 e. The summed E-state index contributed by atoms with van der Waals surface area (Å²) in [7, 11) is -1.66. The molecular weight excluding hydrogens is 260 g/mol. The lowest BCUT2D eigenvalue weighted by molar-refractivity contribution is 0.252. The molecule has 1 aliphatic heterocycles. The van der Waals surface area contributed by atoms with E-state index in [0.717, 1.165) is 32.1 Å². The lowest BCUT2D eigenvalue weighted by Crippen LogP contribution is -2.50. The van der Waals surface area contributed by atoms with Crippen LogP contribution in [0.4, 0.5) is 0 Å². The van der Waals surface area contributed by atoms with Gasteiger partial charge < -0.3 is 0 Å². The number of unbranched alkanes of at least 4 members (excludes halogenated alkanes) is 1. The zero-order valence-corrected chi connectivity index (χ0v) is 12.3. The van der Waals surface area contributed by atoms with Crippen molar-refractivity contribution in [3.05, 3.63) is 0 Å². The van der Waals surface area contributed by atoms with Crippen LogP contribution < -0.4 is 0 Å². The van der Waals surface area contributed by atoms with Crippen LogP contribution in [0, 0.1) is 0 Å². The van der Waals surface area contributed by atoms with E-state index in [4.69, 9.17) is 11.6 Å². The van der Waals surface area contributed by atoms with Gasteiger partial charge in [-0.15, -0.1) is 11.6 Å². The second kappa shape index (κ2) is 6.92. The summed E-state index contributed by atoms with van der Waals surface area (Å²) in [5.74, 6) is 0.390. The third-order valence-electron chi connectivity index (χ3n) is 3.27. The number of nitrogens with zero attached hydrogens (tertiary/aromatic N) is 2. The normalized spacial score (nSPS) is 23.2. The van der Waals surface area contributed by atoms with Crippen molar-refractivity contribution in [3.8, 4) is 0 Å². The molecule has 1 unspecified atom stereocenters. The second-order valence-electron chi connectivity index (χ2n) is 4.60. The van der Waals surface area contributed by atoms with Crippen LogP contribution in [0.3, 0.4) is 0 Å². The van der Waals surface area contributed by atoms with E-state index in [0.29, 0.717) is 19.0 Å². The van der Waals surface area contributed by atoms with Gasteiger partial charge in [-0.1, -0.05) is 19.8 Å². The van der Waals surface area contributed by atoms with Crippen molar-refractivity contribution in [1.82, 2.24) is 8.61 Å². The molecule has 0 aromatic carbocycles. The molecule has 6 heteroatoms. The van der Waals surface area contributed by atoms with E-state index in [2.05, 4.69) is 6.92 Å². The topological polar surface area (TPSA) is 40.6 Å². The molecule has 4 nitrogen and oxygen atoms in total. The summed E-state index contributed by atoms with van der Waals surface area (Å²) >= 11 is 5.87. The highest BCUT2D eigenvalue weighted by Crippen LogP contribution is 2.23. The molecular formula is C11H23ClN2O2S. The van der Waals surface area contributed by atoms with Crippen LogP contribution in [0.15, 0.2) is 0 Å². The van der Waals surface area contributed by atoms with Gasteiger partial charge in [-0.2, -0.15) is 17.0 Å². The van der Waals surface area contributed by atoms with E-state index in [-0.39, 0.29) is 6.04 Å². The third-order valence-corrected chi connectivity index (χ3v) is 5.67. The molecule has 1 heterocycles. The van der Waals surface area contributed by atoms with Crippen LogP contribution in [-0.2, 0) is 10.2 Å². The fourth-order valence-corrected chi connectivity index (χ4v) is 4.14. The average molecular weight is 283 g/mol. The van der Waals surface area contributed by atoms with Crippen LogP contribution in [0.5, 0.6) is 0 Å². The number of hydrogen-bond donors (Lipinski definition) is 0. The number of hydrogen-bond acceptors (Lipinski definition) is 2. The highest BCUT2D eigenvalue weighted by Gasteiger charge is 2.34. The number of rotatable bonds is 6. The van der Waals surface area contributed by atoms with E-state index in [1.54, 1.807) is 11.4 Å². The Morgan fingerprint density at radius 3 is 2.71 bits per heavy atom. The van der Waals surface area contributed by atoms with Crippen molar-refractivity contribution < 1.29 is 8.42 Å². The Morgan fingerprint density at radius 1 is 1.41 bits per heavy atom. The monoisotopic (exact) mass is 282 g/mol. The molecule has 0 aromatic heterocycles. The standard InChI is InChI=1S/C11H23ClN2O2S/c1-3-4-8-13(2)17(15,16)14-9-6-5-7-11(14)10-12/h11H,3-10H2,1-2H3. The van der Waals surface area contributed by atoms with Crippen molar-refractivity contribution in [2.24, 2.45) is 0 Å². The molecule has 102 valence electrons. The number of halogens is 1. The lowest BCUT2D eigenvalue weighted by Gasteiger charge is -2.36. The third kappa shape index (κ3) is 3.81. The van der Waals surface area contributed by atoms with E-state index in [9.17, 15) is 8.42 Å². The maximum Gasteiger partial charge on any atom is 0.282 e. The Hall–Kier alpha value is 0.160. The summed E-state index contributed by atoms with van der Waals surface area (Å²) in [5, 5.41) is 0. The van der Waals surface area contributed by atoms with Gasteiger partial charge in [0.25, 0.3) is 10.2 Å². The number of alkyl halides is 1. The predicted octanol–water partition coefficient (Wildman–Crippen LogP) is 2.06. The van der Waals surface area contributed by atoms with Crippen molar-refractivity contribution in [2.75, 3.05) is 26.0 Å². The van der Waals surface area contributed by atoms with Crippen molar-refractivity contribution in [1.29, 1.82) is 0 Å². The molecule has 1 fully saturated rings. The lowest BCUT2D eigenvalue weighted by atomic mass is 10.1. The first-order valence-electron chi connectivity index (χ1n) is 6.33. The zero-order chi connectivity index (χ0) is 12.9. The molecule has 1 rings (SSSR count). The van der Waals surface area contributed by atoms with Gasteiger partial charge in [-0.05, 0) is 19.3 Å². The van der Waals surface area contributed by atoms with E-state index < -0.39 is 10.2 Å². The molecule has 1 aliphatic rings. The summed E-state index contributed by atoms with van der Waals surface area (Å²) in [4.78, 5) is 0. The first-order valence-corrected chi connectivity index (χ1v) is 8.26. The molecule has 1 atom stereocenters. The molecule has 0 saturated carbocycles. The Bertz CT molecular complexity index is 321. The maximum atomic E-state index is 12.4. The van der Waals surface area contributed by atoms with Crippen molar-refractivity contribution in [3.63, 3.8) is 0 Å². The molecule has 0 spiro atoms. The Morgan fingerprint density at radius 2 is 2.12 bits per heavy atom. The summed E-state index contributed by atoms with van der Waals surface area (Å²) in [5.41, 5.74) is 0. The SMILES string of the molecule is CCCCN(C)S(=O)(=O)N1CCCCC1CCl. The van der Waals surface area contributed by atoms with Gasteiger partial charge in [0.05, 0.1) is 0 Å². The summed E-state index contributed by atoms with van der Waals surface area (Å²) in [6.07, 6.45) is 4.79. The van der Waals surface area contributed by atoms with Crippen LogP contribution in [-0.4, -0.2) is 49.1 Å². The van der Waals surface area contributed by atoms with Gasteiger partial charge in [0.15, 0.2) is 0 Å². The van der Waals surface area contributed by atoms with Gasteiger partial charge in [-0.3, -0.25) is 0 Å². The molecule has 0 N–H and O–H groups in total. The zero-order valence-electron chi connectivity index (χ0n) is 10.7. The first kappa shape index (κ1) is 15.2. The fraction of sp³-hybridized carbons (Fsp3) is 1.00. The van der Waals surface area contributed by atoms with Crippen LogP contribution in [0.25, 0.3) is 0 Å². The highest BCUT2D eigenvalue weighted by atomic mass is 35.5. The molecule has 0 aromatic rings. The minimum Gasteiger partial charge on any atom is -0.195 e. The fourth-order valence-electron chi connectivity index (χ4n) is 2.11. The van der Waals surface area contributed by atoms with Crippen LogP contribution >= 0.6 is 11.6 Å². The first-order chi connectivity index (χ1) is 8.04. The summed E-state index contributed by atoms with van der Waals surface area (Å²) in [6, 6.07) is -0.0282. The molecule has 0 amide bonds. The highest BCUT2D eigenvalue weighted by molar-refractivity contribution is 7.86.